The minimum Gasteiger partial charge on any atom is -0.339 e. The number of hydrogen-bond donors (Lipinski definition) is 1. The van der Waals surface area contributed by atoms with Crippen LogP contribution in [-0.4, -0.2) is 43.0 Å². The molecule has 0 bridgehead atoms. The Kier molecular flexibility index (Phi) is 4.61. The van der Waals surface area contributed by atoms with E-state index in [-0.39, 0.29) is 11.9 Å². The highest BCUT2D eigenvalue weighted by molar-refractivity contribution is 5.97. The molecular weight excluding hydrogens is 326 g/mol. The molecular formula is C21H23N3O2. The lowest BCUT2D eigenvalue weighted by atomic mass is 9.89. The molecule has 26 heavy (non-hydrogen) atoms. The molecule has 2 aromatic rings. The topological polar surface area (TPSA) is 52.7 Å². The molecule has 5 nitrogen and oxygen atoms in total. The fourth-order valence-electron chi connectivity index (χ4n) is 3.83. The van der Waals surface area contributed by atoms with E-state index in [1.807, 2.05) is 35.2 Å². The Morgan fingerprint density at radius 1 is 0.923 bits per heavy atom. The number of urea groups is 1. The molecule has 0 atom stereocenters. The minimum atomic E-state index is -0.0768. The summed E-state index contributed by atoms with van der Waals surface area (Å²) in [5, 5.41) is 2.79. The van der Waals surface area contributed by atoms with Gasteiger partial charge >= 0.3 is 6.03 Å². The molecule has 0 aromatic heterocycles. The number of piperidine rings is 1. The molecule has 0 aliphatic carbocycles. The SMILES string of the molecule is O=C(c1ccc(N2CCNC2=O)cc1)N1CCC(c2ccccc2)CC1. The lowest BCUT2D eigenvalue weighted by Gasteiger charge is -2.32. The zero-order valence-electron chi connectivity index (χ0n) is 14.7. The molecule has 2 saturated heterocycles. The number of anilines is 1. The lowest BCUT2D eigenvalue weighted by Crippen LogP contribution is -2.38. The van der Waals surface area contributed by atoms with Crippen molar-refractivity contribution in [2.75, 3.05) is 31.1 Å². The predicted octanol–water partition coefficient (Wildman–Crippen LogP) is 3.24. The van der Waals surface area contributed by atoms with Crippen LogP contribution in [0, 0.1) is 0 Å². The van der Waals surface area contributed by atoms with Gasteiger partial charge in [-0.2, -0.15) is 0 Å². The fraction of sp³-hybridized carbons (Fsp3) is 0.333. The summed E-state index contributed by atoms with van der Waals surface area (Å²) in [5.74, 6) is 0.616. The standard InChI is InChI=1S/C21H23N3O2/c25-20(18-6-8-19(9-7-18)24-15-12-22-21(24)26)23-13-10-17(11-14-23)16-4-2-1-3-5-16/h1-9,17H,10-15H2,(H,22,26). The van der Waals surface area contributed by atoms with Crippen LogP contribution in [0.1, 0.15) is 34.7 Å². The van der Waals surface area contributed by atoms with Crippen LogP contribution in [-0.2, 0) is 0 Å². The molecule has 0 saturated carbocycles. The van der Waals surface area contributed by atoms with Crippen LogP contribution in [0.2, 0.25) is 0 Å². The van der Waals surface area contributed by atoms with Crippen LogP contribution in [0.4, 0.5) is 10.5 Å². The third kappa shape index (κ3) is 3.29. The second kappa shape index (κ2) is 7.20. The number of nitrogens with zero attached hydrogens (tertiary/aromatic N) is 2. The molecule has 0 unspecified atom stereocenters. The van der Waals surface area contributed by atoms with E-state index < -0.39 is 0 Å². The molecule has 2 aromatic carbocycles. The van der Waals surface area contributed by atoms with Gasteiger partial charge in [-0.1, -0.05) is 30.3 Å². The van der Waals surface area contributed by atoms with E-state index in [9.17, 15) is 9.59 Å². The number of carbonyl (C=O) groups is 2. The third-order valence-corrected chi connectivity index (χ3v) is 5.34. The van der Waals surface area contributed by atoms with Crippen LogP contribution in [0.25, 0.3) is 0 Å². The summed E-state index contributed by atoms with van der Waals surface area (Å²) in [4.78, 5) is 28.1. The van der Waals surface area contributed by atoms with E-state index >= 15 is 0 Å². The van der Waals surface area contributed by atoms with Crippen molar-refractivity contribution >= 4 is 17.6 Å². The number of hydrogen-bond acceptors (Lipinski definition) is 2. The quantitative estimate of drug-likeness (QED) is 0.925. The average Bonchev–Trinajstić information content (AvgIpc) is 3.14. The first-order chi connectivity index (χ1) is 12.7. The summed E-state index contributed by atoms with van der Waals surface area (Å²) in [7, 11) is 0. The minimum absolute atomic E-state index is 0.0768. The normalized spacial score (nSPS) is 18.1. The fourth-order valence-corrected chi connectivity index (χ4v) is 3.83. The average molecular weight is 349 g/mol. The van der Waals surface area contributed by atoms with Crippen LogP contribution < -0.4 is 10.2 Å². The molecule has 2 aliphatic heterocycles. The highest BCUT2D eigenvalue weighted by Gasteiger charge is 2.25. The van der Waals surface area contributed by atoms with Gasteiger partial charge in [-0.25, -0.2) is 4.79 Å². The van der Waals surface area contributed by atoms with Gasteiger partial charge in [0.05, 0.1) is 0 Å². The van der Waals surface area contributed by atoms with Gasteiger partial charge in [0.25, 0.3) is 5.91 Å². The Morgan fingerprint density at radius 2 is 1.62 bits per heavy atom. The van der Waals surface area contributed by atoms with E-state index in [0.29, 0.717) is 24.6 Å². The van der Waals surface area contributed by atoms with Crippen molar-refractivity contribution in [1.82, 2.24) is 10.2 Å². The van der Waals surface area contributed by atoms with Gasteiger partial charge in [0.15, 0.2) is 0 Å². The summed E-state index contributed by atoms with van der Waals surface area (Å²) in [6.07, 6.45) is 2.00. The number of carbonyl (C=O) groups excluding carboxylic acids is 2. The van der Waals surface area contributed by atoms with Crippen LogP contribution in [0.15, 0.2) is 54.6 Å². The maximum Gasteiger partial charge on any atom is 0.321 e. The van der Waals surface area contributed by atoms with Crippen LogP contribution in [0.3, 0.4) is 0 Å². The smallest absolute Gasteiger partial charge is 0.321 e. The van der Waals surface area contributed by atoms with Crippen molar-refractivity contribution < 1.29 is 9.59 Å². The number of nitrogens with one attached hydrogen (secondary N) is 1. The molecule has 2 fully saturated rings. The predicted molar refractivity (Wildman–Crippen MR) is 102 cm³/mol. The first-order valence-electron chi connectivity index (χ1n) is 9.22. The van der Waals surface area contributed by atoms with Gasteiger partial charge < -0.3 is 10.2 Å². The molecule has 134 valence electrons. The maximum absolute atomic E-state index is 12.8. The molecule has 0 spiro atoms. The summed E-state index contributed by atoms with van der Waals surface area (Å²) in [6.45, 7) is 2.90. The van der Waals surface area contributed by atoms with Gasteiger partial charge in [0.2, 0.25) is 0 Å². The third-order valence-electron chi connectivity index (χ3n) is 5.34. The Labute approximate surface area is 153 Å². The van der Waals surface area contributed by atoms with Crippen molar-refractivity contribution in [1.29, 1.82) is 0 Å². The van der Waals surface area contributed by atoms with Crippen molar-refractivity contribution in [3.63, 3.8) is 0 Å². The van der Waals surface area contributed by atoms with Crippen molar-refractivity contribution in [2.45, 2.75) is 18.8 Å². The van der Waals surface area contributed by atoms with Gasteiger partial charge in [0, 0.05) is 37.4 Å². The number of rotatable bonds is 3. The van der Waals surface area contributed by atoms with E-state index in [0.717, 1.165) is 31.6 Å². The molecule has 2 heterocycles. The van der Waals surface area contributed by atoms with Crippen molar-refractivity contribution in [3.8, 4) is 0 Å². The highest BCUT2D eigenvalue weighted by Crippen LogP contribution is 2.28. The summed E-state index contributed by atoms with van der Waals surface area (Å²) in [5.41, 5.74) is 2.89. The van der Waals surface area contributed by atoms with E-state index in [2.05, 4.69) is 29.6 Å². The Hall–Kier alpha value is -2.82. The van der Waals surface area contributed by atoms with Crippen molar-refractivity contribution in [3.05, 3.63) is 65.7 Å². The van der Waals surface area contributed by atoms with Gasteiger partial charge in [-0.15, -0.1) is 0 Å². The second-order valence-electron chi connectivity index (χ2n) is 6.91. The zero-order chi connectivity index (χ0) is 17.9. The van der Waals surface area contributed by atoms with Gasteiger partial charge in [-0.3, -0.25) is 9.69 Å². The van der Waals surface area contributed by atoms with E-state index in [1.54, 1.807) is 4.90 Å². The lowest BCUT2D eigenvalue weighted by molar-refractivity contribution is 0.0713. The molecule has 5 heteroatoms. The van der Waals surface area contributed by atoms with E-state index in [1.165, 1.54) is 5.56 Å². The largest absolute Gasteiger partial charge is 0.339 e. The molecule has 0 radical (unpaired) electrons. The van der Waals surface area contributed by atoms with Crippen LogP contribution in [0.5, 0.6) is 0 Å². The summed E-state index contributed by atoms with van der Waals surface area (Å²) in [6, 6.07) is 17.8. The molecule has 3 amide bonds. The number of benzene rings is 2. The summed E-state index contributed by atoms with van der Waals surface area (Å²) >= 11 is 0. The Morgan fingerprint density at radius 3 is 2.23 bits per heavy atom. The molecule has 1 N–H and O–H groups in total. The highest BCUT2D eigenvalue weighted by atomic mass is 16.2. The van der Waals surface area contributed by atoms with Gasteiger partial charge in [-0.05, 0) is 48.6 Å². The molecule has 4 rings (SSSR count). The first kappa shape index (κ1) is 16.6. The van der Waals surface area contributed by atoms with E-state index in [4.69, 9.17) is 0 Å². The molecule has 2 aliphatic rings. The van der Waals surface area contributed by atoms with Gasteiger partial charge in [0.1, 0.15) is 0 Å². The number of likely N-dealkylation sites (tertiary alicyclic amines) is 1. The zero-order valence-corrected chi connectivity index (χ0v) is 14.7. The first-order valence-corrected chi connectivity index (χ1v) is 9.22. The summed E-state index contributed by atoms with van der Waals surface area (Å²) < 4.78 is 0. The second-order valence-corrected chi connectivity index (χ2v) is 6.91. The Bertz CT molecular complexity index is 781. The maximum atomic E-state index is 12.8. The Balaban J connectivity index is 1.38. The van der Waals surface area contributed by atoms with Crippen molar-refractivity contribution in [2.24, 2.45) is 0 Å². The monoisotopic (exact) mass is 349 g/mol. The van der Waals surface area contributed by atoms with Crippen LogP contribution >= 0.6 is 0 Å². The number of amides is 3.